The Kier molecular flexibility index (Phi) is 8.14. The SMILES string of the molecule is CC1(C)CCC2(C(=O)O)CCC3(C(=O)OC4OC(CO)C(O)C(O)C4O)C(=CCC4C5CCC(O)C(C)(C)C5CCC43C)C2C1. The van der Waals surface area contributed by atoms with E-state index in [9.17, 15) is 35.4 Å². The number of carboxylic acids is 1. The van der Waals surface area contributed by atoms with Crippen LogP contribution in [0.3, 0.4) is 0 Å². The molecule has 10 heteroatoms. The van der Waals surface area contributed by atoms with Crippen molar-refractivity contribution in [2.75, 3.05) is 6.61 Å². The molecule has 1 heterocycles. The molecule has 1 saturated heterocycles. The molecule has 254 valence electrons. The van der Waals surface area contributed by atoms with Crippen LogP contribution < -0.4 is 0 Å². The summed E-state index contributed by atoms with van der Waals surface area (Å²) in [5, 5.41) is 63.2. The van der Waals surface area contributed by atoms with E-state index in [-0.39, 0.29) is 40.9 Å². The van der Waals surface area contributed by atoms with Crippen molar-refractivity contribution in [1.82, 2.24) is 0 Å². The first-order valence-corrected chi connectivity index (χ1v) is 17.1. The number of rotatable bonds is 4. The smallest absolute Gasteiger partial charge is 0.319 e. The minimum atomic E-state index is -1.73. The minimum Gasteiger partial charge on any atom is -0.481 e. The first-order valence-electron chi connectivity index (χ1n) is 17.1. The number of carbonyl (C=O) groups is 2. The van der Waals surface area contributed by atoms with Crippen molar-refractivity contribution in [2.45, 2.75) is 136 Å². The number of hydrogen-bond donors (Lipinski definition) is 6. The molecule has 0 amide bonds. The van der Waals surface area contributed by atoms with E-state index >= 15 is 4.79 Å². The first-order chi connectivity index (χ1) is 21.0. The maximum absolute atomic E-state index is 15.0. The molecule has 5 aliphatic carbocycles. The summed E-state index contributed by atoms with van der Waals surface area (Å²) in [4.78, 5) is 28.1. The van der Waals surface area contributed by atoms with Gasteiger partial charge < -0.3 is 40.1 Å². The van der Waals surface area contributed by atoms with Crippen LogP contribution in [0.5, 0.6) is 0 Å². The van der Waals surface area contributed by atoms with Crippen LogP contribution in [0.2, 0.25) is 0 Å². The van der Waals surface area contributed by atoms with Gasteiger partial charge in [0.1, 0.15) is 24.4 Å². The number of aliphatic hydroxyl groups excluding tert-OH is 5. The van der Waals surface area contributed by atoms with Crippen molar-refractivity contribution in [3.63, 3.8) is 0 Å². The summed E-state index contributed by atoms with van der Waals surface area (Å²) in [6, 6.07) is 0. The molecule has 0 radical (unpaired) electrons. The molecule has 0 bridgehead atoms. The van der Waals surface area contributed by atoms with Crippen molar-refractivity contribution < 1.29 is 49.7 Å². The molecule has 0 spiro atoms. The van der Waals surface area contributed by atoms with Gasteiger partial charge in [0.05, 0.1) is 23.5 Å². The van der Waals surface area contributed by atoms with Gasteiger partial charge in [-0.2, -0.15) is 0 Å². The van der Waals surface area contributed by atoms with E-state index < -0.39 is 71.6 Å². The fourth-order valence-corrected chi connectivity index (χ4v) is 11.4. The Labute approximate surface area is 266 Å². The van der Waals surface area contributed by atoms with Gasteiger partial charge >= 0.3 is 11.9 Å². The zero-order valence-electron chi connectivity index (χ0n) is 27.4. The van der Waals surface area contributed by atoms with Crippen molar-refractivity contribution in [3.05, 3.63) is 11.6 Å². The number of aliphatic hydroxyl groups is 5. The number of allylic oxidation sites excluding steroid dienone is 1. The van der Waals surface area contributed by atoms with Crippen LogP contribution in [0, 0.1) is 50.7 Å². The van der Waals surface area contributed by atoms with Crippen LogP contribution in [0.15, 0.2) is 11.6 Å². The van der Waals surface area contributed by atoms with Crippen LogP contribution in [-0.4, -0.2) is 86.0 Å². The molecular weight excluding hydrogens is 580 g/mol. The van der Waals surface area contributed by atoms with E-state index in [2.05, 4.69) is 40.7 Å². The molecule has 0 aromatic rings. The zero-order chi connectivity index (χ0) is 32.9. The molecule has 6 aliphatic rings. The number of esters is 1. The summed E-state index contributed by atoms with van der Waals surface area (Å²) in [7, 11) is 0. The van der Waals surface area contributed by atoms with Gasteiger partial charge in [-0.05, 0) is 104 Å². The lowest BCUT2D eigenvalue weighted by atomic mass is 9.36. The molecule has 1 aliphatic heterocycles. The van der Waals surface area contributed by atoms with Crippen LogP contribution in [0.1, 0.15) is 98.8 Å². The van der Waals surface area contributed by atoms with Crippen LogP contribution >= 0.6 is 0 Å². The molecule has 0 aromatic heterocycles. The summed E-state index contributed by atoms with van der Waals surface area (Å²) in [6.45, 7) is 10.2. The molecular formula is C35H54O10. The lowest BCUT2D eigenvalue weighted by molar-refractivity contribution is -0.298. The van der Waals surface area contributed by atoms with Gasteiger partial charge in [-0.25, -0.2) is 0 Å². The lowest BCUT2D eigenvalue weighted by Crippen LogP contribution is -2.66. The third-order valence-electron chi connectivity index (χ3n) is 14.3. The van der Waals surface area contributed by atoms with E-state index in [0.29, 0.717) is 32.1 Å². The summed E-state index contributed by atoms with van der Waals surface area (Å²) in [6.07, 6.45) is 0.291. The Balaban J connectivity index is 1.46. The van der Waals surface area contributed by atoms with E-state index in [0.717, 1.165) is 31.3 Å². The van der Waals surface area contributed by atoms with Gasteiger partial charge in [-0.3, -0.25) is 9.59 Å². The quantitative estimate of drug-likeness (QED) is 0.199. The molecule has 13 unspecified atom stereocenters. The number of ether oxygens (including phenoxy) is 2. The van der Waals surface area contributed by atoms with Crippen LogP contribution in [-0.2, 0) is 19.1 Å². The fourth-order valence-electron chi connectivity index (χ4n) is 11.4. The molecule has 0 aromatic carbocycles. The molecule has 13 atom stereocenters. The highest BCUT2D eigenvalue weighted by Crippen LogP contribution is 2.73. The third-order valence-corrected chi connectivity index (χ3v) is 14.3. The second-order valence-electron chi connectivity index (χ2n) is 17.0. The summed E-state index contributed by atoms with van der Waals surface area (Å²) in [5.74, 6) is -1.13. The van der Waals surface area contributed by atoms with Gasteiger partial charge in [0, 0.05) is 0 Å². The Morgan fingerprint density at radius 2 is 1.58 bits per heavy atom. The number of carbonyl (C=O) groups excluding carboxylic acids is 1. The highest BCUT2D eigenvalue weighted by molar-refractivity contribution is 5.85. The highest BCUT2D eigenvalue weighted by Gasteiger charge is 2.72. The largest absolute Gasteiger partial charge is 0.481 e. The molecule has 45 heavy (non-hydrogen) atoms. The third kappa shape index (κ3) is 4.63. The summed E-state index contributed by atoms with van der Waals surface area (Å²) < 4.78 is 11.7. The standard InChI is InChI=1S/C35H54O10/c1-31(2)12-13-34(29(41)42)14-15-35(30(43)45-28-27(40)26(39)25(38)23(17-36)44-28)21(22(34)16-31)8-7-20-18-6-9-24(37)32(3,4)19(18)10-11-33(20,35)5/h8,18-20,22-28,36-40H,6-7,9-17H2,1-5H3,(H,41,42). The fraction of sp³-hybridized carbons (Fsp3) is 0.886. The van der Waals surface area contributed by atoms with E-state index in [1.165, 1.54) is 0 Å². The Bertz CT molecular complexity index is 1230. The second-order valence-corrected chi connectivity index (χ2v) is 17.0. The summed E-state index contributed by atoms with van der Waals surface area (Å²) in [5.41, 5.74) is -2.30. The minimum absolute atomic E-state index is 0.100. The Morgan fingerprint density at radius 1 is 0.889 bits per heavy atom. The number of aliphatic carboxylic acids is 1. The van der Waals surface area contributed by atoms with Gasteiger partial charge in [-0.15, -0.1) is 0 Å². The Hall–Kier alpha value is -1.56. The Morgan fingerprint density at radius 3 is 2.24 bits per heavy atom. The predicted octanol–water partition coefficient (Wildman–Crippen LogP) is 3.17. The highest BCUT2D eigenvalue weighted by atomic mass is 16.7. The van der Waals surface area contributed by atoms with Gasteiger partial charge in [0.2, 0.25) is 6.29 Å². The topological polar surface area (TPSA) is 174 Å². The molecule has 6 rings (SSSR count). The monoisotopic (exact) mass is 634 g/mol. The maximum atomic E-state index is 15.0. The molecule has 4 saturated carbocycles. The van der Waals surface area contributed by atoms with Crippen molar-refractivity contribution in [3.8, 4) is 0 Å². The molecule has 6 N–H and O–H groups in total. The number of hydrogen-bond acceptors (Lipinski definition) is 9. The zero-order valence-corrected chi connectivity index (χ0v) is 27.4. The summed E-state index contributed by atoms with van der Waals surface area (Å²) >= 11 is 0. The van der Waals surface area contributed by atoms with Crippen molar-refractivity contribution >= 4 is 11.9 Å². The first kappa shape index (κ1) is 33.3. The van der Waals surface area contributed by atoms with Crippen molar-refractivity contribution in [2.24, 2.45) is 50.7 Å². The average Bonchev–Trinajstić information content (AvgIpc) is 2.98. The molecule has 10 nitrogen and oxygen atoms in total. The van der Waals surface area contributed by atoms with E-state index in [4.69, 9.17) is 9.47 Å². The van der Waals surface area contributed by atoms with Crippen LogP contribution in [0.25, 0.3) is 0 Å². The van der Waals surface area contributed by atoms with E-state index in [1.54, 1.807) is 0 Å². The molecule has 5 fully saturated rings. The normalized spacial score (nSPS) is 50.1. The van der Waals surface area contributed by atoms with Crippen molar-refractivity contribution in [1.29, 1.82) is 0 Å². The predicted molar refractivity (Wildman–Crippen MR) is 162 cm³/mol. The second kappa shape index (κ2) is 11.0. The van der Waals surface area contributed by atoms with Gasteiger partial charge in [-0.1, -0.05) is 46.3 Å². The average molecular weight is 635 g/mol. The maximum Gasteiger partial charge on any atom is 0.319 e. The van der Waals surface area contributed by atoms with Gasteiger partial charge in [0.25, 0.3) is 0 Å². The van der Waals surface area contributed by atoms with Gasteiger partial charge in [0.15, 0.2) is 0 Å². The van der Waals surface area contributed by atoms with E-state index in [1.807, 2.05) is 0 Å². The number of carboxylic acid groups (broad SMARTS) is 1. The lowest BCUT2D eigenvalue weighted by Gasteiger charge is -2.67. The van der Waals surface area contributed by atoms with Crippen LogP contribution in [0.4, 0.5) is 0 Å². The number of fused-ring (bicyclic) bond motifs is 7.